The molecule has 2 rings (SSSR count). The molecule has 3 nitrogen and oxygen atoms in total. The summed E-state index contributed by atoms with van der Waals surface area (Å²) in [6, 6.07) is 2.38. The molecule has 0 bridgehead atoms. The van der Waals surface area contributed by atoms with Gasteiger partial charge in [-0.15, -0.1) is 0 Å². The van der Waals surface area contributed by atoms with Crippen molar-refractivity contribution in [2.24, 2.45) is 0 Å². The number of halogens is 4. The van der Waals surface area contributed by atoms with Crippen molar-refractivity contribution in [3.8, 4) is 11.4 Å². The Morgan fingerprint density at radius 2 is 2.00 bits per heavy atom. The second kappa shape index (κ2) is 5.88. The van der Waals surface area contributed by atoms with Crippen LogP contribution < -0.4 is 5.56 Å². The number of aromatic amines is 1. The van der Waals surface area contributed by atoms with Crippen LogP contribution in [-0.4, -0.2) is 9.97 Å². The van der Waals surface area contributed by atoms with E-state index < -0.39 is 11.6 Å². The second-order valence-corrected chi connectivity index (χ2v) is 6.36. The lowest BCUT2D eigenvalue weighted by molar-refractivity contribution is 0.504. The van der Waals surface area contributed by atoms with Crippen LogP contribution in [0.2, 0.25) is 0 Å². The smallest absolute Gasteiger partial charge is 0.264 e. The molecule has 0 amide bonds. The van der Waals surface area contributed by atoms with Gasteiger partial charge in [0.15, 0.2) is 11.6 Å². The van der Waals surface area contributed by atoms with Gasteiger partial charge in [-0.05, 0) is 56.6 Å². The molecule has 0 aliphatic rings. The lowest BCUT2D eigenvalue weighted by Gasteiger charge is -2.11. The minimum atomic E-state index is -1.00. The standard InChI is InChI=1S/C13H10BrF2IN2O/c1-5(2)11-10(17)13(20)19-12(18-11)6-3-4-7(15)9(16)8(6)14/h3-5H,1-2H3,(H,18,19,20). The molecule has 0 aliphatic heterocycles. The lowest BCUT2D eigenvalue weighted by atomic mass is 10.1. The molecule has 1 heterocycles. The summed E-state index contributed by atoms with van der Waals surface area (Å²) in [6.07, 6.45) is 0. The van der Waals surface area contributed by atoms with Crippen molar-refractivity contribution in [3.63, 3.8) is 0 Å². The van der Waals surface area contributed by atoms with Crippen LogP contribution in [0, 0.1) is 15.2 Å². The van der Waals surface area contributed by atoms with Crippen molar-refractivity contribution < 1.29 is 8.78 Å². The number of nitrogens with zero attached hydrogens (tertiary/aromatic N) is 1. The van der Waals surface area contributed by atoms with E-state index in [1.807, 2.05) is 36.4 Å². The average Bonchev–Trinajstić information content (AvgIpc) is 2.39. The fraction of sp³-hybridized carbons (Fsp3) is 0.231. The number of H-pyrrole nitrogens is 1. The molecule has 0 spiro atoms. The van der Waals surface area contributed by atoms with E-state index in [-0.39, 0.29) is 21.8 Å². The summed E-state index contributed by atoms with van der Waals surface area (Å²) < 4.78 is 27.1. The van der Waals surface area contributed by atoms with Crippen LogP contribution in [0.3, 0.4) is 0 Å². The quantitative estimate of drug-likeness (QED) is 0.545. The van der Waals surface area contributed by atoms with Crippen molar-refractivity contribution in [2.75, 3.05) is 0 Å². The van der Waals surface area contributed by atoms with Gasteiger partial charge in [0.1, 0.15) is 5.82 Å². The molecule has 0 saturated heterocycles. The van der Waals surface area contributed by atoms with Crippen LogP contribution in [0.1, 0.15) is 25.5 Å². The zero-order valence-corrected chi connectivity index (χ0v) is 14.3. The lowest BCUT2D eigenvalue weighted by Crippen LogP contribution is -2.17. The minimum Gasteiger partial charge on any atom is -0.306 e. The van der Waals surface area contributed by atoms with Gasteiger partial charge < -0.3 is 4.98 Å². The number of nitrogens with one attached hydrogen (secondary N) is 1. The van der Waals surface area contributed by atoms with E-state index in [0.29, 0.717) is 14.8 Å². The molecule has 0 fully saturated rings. The molecule has 106 valence electrons. The van der Waals surface area contributed by atoms with Crippen molar-refractivity contribution in [3.05, 3.63) is 47.9 Å². The summed E-state index contributed by atoms with van der Waals surface area (Å²) in [5.41, 5.74) is 0.635. The van der Waals surface area contributed by atoms with E-state index in [4.69, 9.17) is 0 Å². The van der Waals surface area contributed by atoms with E-state index in [9.17, 15) is 13.6 Å². The molecule has 1 aromatic heterocycles. The highest BCUT2D eigenvalue weighted by atomic mass is 127. The Morgan fingerprint density at radius 1 is 1.35 bits per heavy atom. The van der Waals surface area contributed by atoms with Crippen molar-refractivity contribution in [1.82, 2.24) is 9.97 Å². The van der Waals surface area contributed by atoms with Gasteiger partial charge in [-0.3, -0.25) is 4.79 Å². The summed E-state index contributed by atoms with van der Waals surface area (Å²) in [5, 5.41) is 0. The number of rotatable bonds is 2. The topological polar surface area (TPSA) is 45.8 Å². The van der Waals surface area contributed by atoms with Gasteiger partial charge >= 0.3 is 0 Å². The Kier molecular flexibility index (Phi) is 4.58. The number of benzene rings is 1. The van der Waals surface area contributed by atoms with Gasteiger partial charge in [0.05, 0.1) is 13.7 Å². The maximum absolute atomic E-state index is 13.6. The summed E-state index contributed by atoms with van der Waals surface area (Å²) in [4.78, 5) is 18.8. The van der Waals surface area contributed by atoms with Crippen LogP contribution in [0.15, 0.2) is 21.4 Å². The molecule has 0 aliphatic carbocycles. The van der Waals surface area contributed by atoms with E-state index in [0.717, 1.165) is 6.07 Å². The zero-order chi connectivity index (χ0) is 15.0. The average molecular weight is 455 g/mol. The predicted octanol–water partition coefficient (Wildman–Crippen LogP) is 4.21. The third-order valence-corrected chi connectivity index (χ3v) is 4.54. The van der Waals surface area contributed by atoms with E-state index in [1.165, 1.54) is 6.07 Å². The molecular formula is C13H10BrF2IN2O. The predicted molar refractivity (Wildman–Crippen MR) is 84.7 cm³/mol. The minimum absolute atomic E-state index is 0.0482. The largest absolute Gasteiger partial charge is 0.306 e. The second-order valence-electron chi connectivity index (χ2n) is 4.49. The SMILES string of the molecule is CC(C)c1nc(-c2ccc(F)c(F)c2Br)[nH]c(=O)c1I. The molecule has 7 heteroatoms. The molecule has 2 aromatic rings. The monoisotopic (exact) mass is 454 g/mol. The van der Waals surface area contributed by atoms with Gasteiger partial charge in [-0.25, -0.2) is 13.8 Å². The van der Waals surface area contributed by atoms with Crippen molar-refractivity contribution in [1.29, 1.82) is 0 Å². The first-order chi connectivity index (χ1) is 9.32. The van der Waals surface area contributed by atoms with Crippen LogP contribution in [0.5, 0.6) is 0 Å². The molecule has 0 unspecified atom stereocenters. The molecule has 0 radical (unpaired) electrons. The molecule has 0 saturated carbocycles. The Hall–Kier alpha value is -0.830. The van der Waals surface area contributed by atoms with Gasteiger partial charge in [0.2, 0.25) is 0 Å². The third kappa shape index (κ3) is 2.78. The highest BCUT2D eigenvalue weighted by molar-refractivity contribution is 14.1. The Labute approximate surface area is 136 Å². The first-order valence-electron chi connectivity index (χ1n) is 5.76. The summed E-state index contributed by atoms with van der Waals surface area (Å²) in [7, 11) is 0. The number of aromatic nitrogens is 2. The first-order valence-corrected chi connectivity index (χ1v) is 7.63. The Balaban J connectivity index is 2.71. The summed E-state index contributed by atoms with van der Waals surface area (Å²) >= 11 is 4.92. The van der Waals surface area contributed by atoms with Crippen LogP contribution in [0.25, 0.3) is 11.4 Å². The normalized spacial score (nSPS) is 11.2. The molecular weight excluding hydrogens is 445 g/mol. The first kappa shape index (κ1) is 15.6. The maximum atomic E-state index is 13.6. The van der Waals surface area contributed by atoms with Crippen LogP contribution in [0.4, 0.5) is 8.78 Å². The Morgan fingerprint density at radius 3 is 2.60 bits per heavy atom. The fourth-order valence-electron chi connectivity index (χ4n) is 1.70. The van der Waals surface area contributed by atoms with Gasteiger partial charge in [-0.1, -0.05) is 13.8 Å². The molecule has 20 heavy (non-hydrogen) atoms. The highest BCUT2D eigenvalue weighted by Crippen LogP contribution is 2.30. The van der Waals surface area contributed by atoms with Crippen molar-refractivity contribution >= 4 is 38.5 Å². The molecule has 1 N–H and O–H groups in total. The zero-order valence-electron chi connectivity index (χ0n) is 10.6. The van der Waals surface area contributed by atoms with E-state index in [1.54, 1.807) is 0 Å². The van der Waals surface area contributed by atoms with Crippen LogP contribution in [-0.2, 0) is 0 Å². The highest BCUT2D eigenvalue weighted by Gasteiger charge is 2.17. The van der Waals surface area contributed by atoms with Crippen molar-refractivity contribution in [2.45, 2.75) is 19.8 Å². The maximum Gasteiger partial charge on any atom is 0.264 e. The molecule has 1 aromatic carbocycles. The number of hydrogen-bond acceptors (Lipinski definition) is 2. The number of hydrogen-bond donors (Lipinski definition) is 1. The van der Waals surface area contributed by atoms with Gasteiger partial charge in [0.25, 0.3) is 5.56 Å². The van der Waals surface area contributed by atoms with Gasteiger partial charge in [0, 0.05) is 5.56 Å². The van der Waals surface area contributed by atoms with Crippen LogP contribution >= 0.6 is 38.5 Å². The summed E-state index contributed by atoms with van der Waals surface area (Å²) in [6.45, 7) is 3.82. The summed E-state index contributed by atoms with van der Waals surface area (Å²) in [5.74, 6) is -1.70. The fourth-order valence-corrected chi connectivity index (χ4v) is 3.08. The Bertz CT molecular complexity index is 731. The third-order valence-electron chi connectivity index (χ3n) is 2.73. The van der Waals surface area contributed by atoms with Gasteiger partial charge in [-0.2, -0.15) is 0 Å². The van der Waals surface area contributed by atoms with E-state index in [2.05, 4.69) is 25.9 Å². The van der Waals surface area contributed by atoms with E-state index >= 15 is 0 Å². The molecule has 0 atom stereocenters.